The van der Waals surface area contributed by atoms with E-state index in [2.05, 4.69) is 14.9 Å². The standard InChI is InChI=1S/C18H23ClN4O3/c1-3-11-7-17(22-18(20)21-11)23-5-4-6-26-10-14(23)12-8-15(24)16(25-2)9-13(12)19/h7-9,14,24H,3-6,10H2,1-2H3,(H2,20,21,22). The number of aryl methyl sites for hydroxylation is 1. The third-order valence-electron chi connectivity index (χ3n) is 4.44. The Morgan fingerprint density at radius 2 is 2.19 bits per heavy atom. The lowest BCUT2D eigenvalue weighted by molar-refractivity contribution is 0.134. The van der Waals surface area contributed by atoms with Gasteiger partial charge in [0, 0.05) is 36.0 Å². The maximum atomic E-state index is 10.2. The summed E-state index contributed by atoms with van der Waals surface area (Å²) in [7, 11) is 1.49. The first kappa shape index (κ1) is 18.5. The summed E-state index contributed by atoms with van der Waals surface area (Å²) in [6.45, 7) is 3.82. The van der Waals surface area contributed by atoms with Crippen molar-refractivity contribution < 1.29 is 14.6 Å². The summed E-state index contributed by atoms with van der Waals surface area (Å²) in [6.07, 6.45) is 1.61. The van der Waals surface area contributed by atoms with Crippen LogP contribution in [0.4, 0.5) is 11.8 Å². The van der Waals surface area contributed by atoms with Gasteiger partial charge in [-0.25, -0.2) is 4.98 Å². The van der Waals surface area contributed by atoms with Gasteiger partial charge in [-0.15, -0.1) is 0 Å². The third kappa shape index (κ3) is 3.78. The molecular formula is C18H23ClN4O3. The lowest BCUT2D eigenvalue weighted by atomic mass is 10.0. The minimum atomic E-state index is -0.208. The molecule has 140 valence electrons. The molecule has 0 saturated carbocycles. The monoisotopic (exact) mass is 378 g/mol. The van der Waals surface area contributed by atoms with Crippen molar-refractivity contribution in [2.45, 2.75) is 25.8 Å². The number of benzene rings is 1. The average molecular weight is 379 g/mol. The second-order valence-electron chi connectivity index (χ2n) is 6.11. The van der Waals surface area contributed by atoms with Crippen LogP contribution in [0.2, 0.25) is 5.02 Å². The zero-order chi connectivity index (χ0) is 18.7. The molecule has 1 aliphatic rings. The van der Waals surface area contributed by atoms with E-state index in [1.54, 1.807) is 12.1 Å². The highest BCUT2D eigenvalue weighted by Gasteiger charge is 2.28. The van der Waals surface area contributed by atoms with Gasteiger partial charge >= 0.3 is 0 Å². The number of nitrogens with two attached hydrogens (primary N) is 1. The molecule has 1 aliphatic heterocycles. The molecule has 1 saturated heterocycles. The fourth-order valence-corrected chi connectivity index (χ4v) is 3.40. The fraction of sp³-hybridized carbons (Fsp3) is 0.444. The van der Waals surface area contributed by atoms with Crippen molar-refractivity contribution in [2.24, 2.45) is 0 Å². The smallest absolute Gasteiger partial charge is 0.222 e. The Morgan fingerprint density at radius 1 is 1.38 bits per heavy atom. The summed E-state index contributed by atoms with van der Waals surface area (Å²) in [5, 5.41) is 10.7. The molecule has 1 aromatic heterocycles. The minimum Gasteiger partial charge on any atom is -0.504 e. The Balaban J connectivity index is 2.06. The highest BCUT2D eigenvalue weighted by Crippen LogP contribution is 2.39. The van der Waals surface area contributed by atoms with Crippen LogP contribution in [0.5, 0.6) is 11.5 Å². The number of halogens is 1. The zero-order valence-electron chi connectivity index (χ0n) is 14.9. The second kappa shape index (κ2) is 7.97. The molecule has 0 aliphatic carbocycles. The number of rotatable bonds is 4. The van der Waals surface area contributed by atoms with Crippen molar-refractivity contribution in [2.75, 3.05) is 37.5 Å². The van der Waals surface area contributed by atoms with E-state index in [0.29, 0.717) is 24.0 Å². The number of hydrogen-bond acceptors (Lipinski definition) is 7. The largest absolute Gasteiger partial charge is 0.504 e. The molecule has 3 N–H and O–H groups in total. The molecule has 7 nitrogen and oxygen atoms in total. The molecular weight excluding hydrogens is 356 g/mol. The SMILES string of the molecule is CCc1cc(N2CCCOCC2c2cc(O)c(OC)cc2Cl)nc(N)n1. The van der Waals surface area contributed by atoms with Gasteiger partial charge in [-0.2, -0.15) is 4.98 Å². The number of aromatic hydroxyl groups is 1. The number of methoxy groups -OCH3 is 1. The molecule has 1 fully saturated rings. The van der Waals surface area contributed by atoms with E-state index < -0.39 is 0 Å². The highest BCUT2D eigenvalue weighted by atomic mass is 35.5. The topological polar surface area (TPSA) is 93.7 Å². The van der Waals surface area contributed by atoms with Gasteiger partial charge < -0.3 is 25.2 Å². The molecule has 0 spiro atoms. The van der Waals surface area contributed by atoms with Crippen molar-refractivity contribution >= 4 is 23.4 Å². The lowest BCUT2D eigenvalue weighted by Gasteiger charge is -2.31. The molecule has 1 unspecified atom stereocenters. The molecule has 26 heavy (non-hydrogen) atoms. The van der Waals surface area contributed by atoms with E-state index in [-0.39, 0.29) is 17.7 Å². The van der Waals surface area contributed by atoms with Crippen LogP contribution in [-0.4, -0.2) is 41.9 Å². The number of nitrogens with zero attached hydrogens (tertiary/aromatic N) is 3. The maximum absolute atomic E-state index is 10.2. The fourth-order valence-electron chi connectivity index (χ4n) is 3.12. The number of ether oxygens (including phenoxy) is 2. The first-order valence-electron chi connectivity index (χ1n) is 8.57. The predicted molar refractivity (Wildman–Crippen MR) is 101 cm³/mol. The zero-order valence-corrected chi connectivity index (χ0v) is 15.7. The molecule has 3 rings (SSSR count). The van der Waals surface area contributed by atoms with Crippen molar-refractivity contribution in [1.82, 2.24) is 9.97 Å². The number of phenolic OH excluding ortho intramolecular Hbond substituents is 1. The Bertz CT molecular complexity index is 787. The molecule has 0 bridgehead atoms. The van der Waals surface area contributed by atoms with E-state index in [1.807, 2.05) is 13.0 Å². The summed E-state index contributed by atoms with van der Waals surface area (Å²) in [6, 6.07) is 4.96. The molecule has 1 aromatic carbocycles. The number of aromatic nitrogens is 2. The molecule has 2 heterocycles. The van der Waals surface area contributed by atoms with E-state index >= 15 is 0 Å². The van der Waals surface area contributed by atoms with Crippen LogP contribution < -0.4 is 15.4 Å². The normalized spacial score (nSPS) is 17.8. The van der Waals surface area contributed by atoms with Crippen LogP contribution in [0, 0.1) is 0 Å². The van der Waals surface area contributed by atoms with Gasteiger partial charge in [-0.1, -0.05) is 18.5 Å². The number of hydrogen-bond donors (Lipinski definition) is 2. The number of nitrogen functional groups attached to an aromatic ring is 1. The summed E-state index contributed by atoms with van der Waals surface area (Å²) < 4.78 is 10.9. The number of anilines is 2. The van der Waals surface area contributed by atoms with E-state index in [1.165, 1.54) is 7.11 Å². The quantitative estimate of drug-likeness (QED) is 0.844. The van der Waals surface area contributed by atoms with Gasteiger partial charge in [-0.3, -0.25) is 0 Å². The van der Waals surface area contributed by atoms with Gasteiger partial charge in [0.2, 0.25) is 5.95 Å². The highest BCUT2D eigenvalue weighted by molar-refractivity contribution is 6.31. The van der Waals surface area contributed by atoms with Crippen molar-refractivity contribution in [3.63, 3.8) is 0 Å². The molecule has 2 aromatic rings. The van der Waals surface area contributed by atoms with Crippen LogP contribution in [0.25, 0.3) is 0 Å². The summed E-state index contributed by atoms with van der Waals surface area (Å²) in [5.74, 6) is 1.34. The van der Waals surface area contributed by atoms with Gasteiger partial charge in [-0.05, 0) is 24.5 Å². The Kier molecular flexibility index (Phi) is 5.68. The lowest BCUT2D eigenvalue weighted by Crippen LogP contribution is -2.32. The van der Waals surface area contributed by atoms with Gasteiger partial charge in [0.05, 0.1) is 19.8 Å². The Hall–Kier alpha value is -2.25. The maximum Gasteiger partial charge on any atom is 0.222 e. The van der Waals surface area contributed by atoms with Gasteiger partial charge in [0.25, 0.3) is 0 Å². The van der Waals surface area contributed by atoms with Crippen molar-refractivity contribution in [3.8, 4) is 11.5 Å². The first-order chi connectivity index (χ1) is 12.5. The second-order valence-corrected chi connectivity index (χ2v) is 6.52. The van der Waals surface area contributed by atoms with E-state index in [4.69, 9.17) is 26.8 Å². The Labute approximate surface area is 157 Å². The molecule has 0 amide bonds. The van der Waals surface area contributed by atoms with Crippen molar-refractivity contribution in [3.05, 3.63) is 34.5 Å². The first-order valence-corrected chi connectivity index (χ1v) is 8.95. The molecule has 0 radical (unpaired) electrons. The van der Waals surface area contributed by atoms with Gasteiger partial charge in [0.1, 0.15) is 5.82 Å². The molecule has 8 heteroatoms. The summed E-state index contributed by atoms with van der Waals surface area (Å²) in [5.41, 5.74) is 7.52. The van der Waals surface area contributed by atoms with Gasteiger partial charge in [0.15, 0.2) is 11.5 Å². The van der Waals surface area contributed by atoms with E-state index in [9.17, 15) is 5.11 Å². The Morgan fingerprint density at radius 3 is 2.92 bits per heavy atom. The minimum absolute atomic E-state index is 0.0348. The predicted octanol–water partition coefficient (Wildman–Crippen LogP) is 2.96. The van der Waals surface area contributed by atoms with Crippen LogP contribution >= 0.6 is 11.6 Å². The van der Waals surface area contributed by atoms with Crippen LogP contribution in [0.1, 0.15) is 30.6 Å². The van der Waals surface area contributed by atoms with Crippen LogP contribution in [0.15, 0.2) is 18.2 Å². The summed E-state index contributed by atoms with van der Waals surface area (Å²) in [4.78, 5) is 10.8. The van der Waals surface area contributed by atoms with Crippen molar-refractivity contribution in [1.29, 1.82) is 0 Å². The number of phenols is 1. The third-order valence-corrected chi connectivity index (χ3v) is 4.76. The van der Waals surface area contributed by atoms with Crippen LogP contribution in [0.3, 0.4) is 0 Å². The van der Waals surface area contributed by atoms with Crippen LogP contribution in [-0.2, 0) is 11.2 Å². The van der Waals surface area contributed by atoms with E-state index in [0.717, 1.165) is 36.5 Å². The molecule has 1 atom stereocenters. The summed E-state index contributed by atoms with van der Waals surface area (Å²) >= 11 is 6.48. The average Bonchev–Trinajstić information content (AvgIpc) is 2.88.